The van der Waals surface area contributed by atoms with Crippen molar-refractivity contribution in [1.29, 1.82) is 0 Å². The van der Waals surface area contributed by atoms with Gasteiger partial charge in [0.15, 0.2) is 0 Å². The average Bonchev–Trinajstić information content (AvgIpc) is 2.52. The first-order valence-electron chi connectivity index (χ1n) is 6.87. The highest BCUT2D eigenvalue weighted by molar-refractivity contribution is 6.44. The lowest BCUT2D eigenvalue weighted by molar-refractivity contribution is -0.120. The van der Waals surface area contributed by atoms with Gasteiger partial charge in [-0.1, -0.05) is 65.1 Å². The second-order valence-electron chi connectivity index (χ2n) is 4.85. The van der Waals surface area contributed by atoms with Crippen LogP contribution in [0.2, 0.25) is 15.1 Å². The van der Waals surface area contributed by atoms with Gasteiger partial charge in [0.2, 0.25) is 5.91 Å². The number of amides is 2. The molecule has 0 saturated heterocycles. The lowest BCUT2D eigenvalue weighted by Crippen LogP contribution is -2.29. The summed E-state index contributed by atoms with van der Waals surface area (Å²) in [5.41, 5.74) is 1.13. The van der Waals surface area contributed by atoms with E-state index in [0.29, 0.717) is 5.69 Å². The van der Waals surface area contributed by atoms with Crippen LogP contribution in [0.4, 0.5) is 5.69 Å². The van der Waals surface area contributed by atoms with Crippen molar-refractivity contribution in [3.05, 3.63) is 68.8 Å². The summed E-state index contributed by atoms with van der Waals surface area (Å²) in [6.45, 7) is 1.32. The second kappa shape index (κ2) is 8.20. The third kappa shape index (κ3) is 4.99. The summed E-state index contributed by atoms with van der Waals surface area (Å²) < 4.78 is 0. The summed E-state index contributed by atoms with van der Waals surface area (Å²) in [5.74, 6) is -0.901. The first-order valence-corrected chi connectivity index (χ1v) is 8.00. The second-order valence-corrected chi connectivity index (χ2v) is 6.07. The van der Waals surface area contributed by atoms with Crippen molar-refractivity contribution >= 4 is 58.4 Å². The van der Waals surface area contributed by atoms with E-state index in [9.17, 15) is 9.59 Å². The van der Waals surface area contributed by atoms with Gasteiger partial charge in [0.05, 0.1) is 20.8 Å². The summed E-state index contributed by atoms with van der Waals surface area (Å²) in [6, 6.07) is 12.0. The summed E-state index contributed by atoms with van der Waals surface area (Å²) in [6.07, 6.45) is 1.56. The molecule has 0 aliphatic heterocycles. The van der Waals surface area contributed by atoms with Crippen LogP contribution >= 0.6 is 34.8 Å². The number of hydrogen-bond donors (Lipinski definition) is 2. The van der Waals surface area contributed by atoms with E-state index in [-0.39, 0.29) is 26.7 Å². The van der Waals surface area contributed by atoms with Gasteiger partial charge >= 0.3 is 0 Å². The van der Waals surface area contributed by atoms with Gasteiger partial charge in [-0.15, -0.1) is 0 Å². The van der Waals surface area contributed by atoms with Crippen molar-refractivity contribution in [3.8, 4) is 0 Å². The molecule has 4 nitrogen and oxygen atoms in total. The Balaban J connectivity index is 2.30. The number of nitrogens with one attached hydrogen (secondary N) is 2. The Bertz CT molecular complexity index is 805. The zero-order chi connectivity index (χ0) is 17.7. The van der Waals surface area contributed by atoms with Gasteiger partial charge in [-0.2, -0.15) is 0 Å². The highest BCUT2D eigenvalue weighted by atomic mass is 35.5. The molecule has 2 aromatic carbocycles. The normalized spacial score (nSPS) is 11.1. The fraction of sp³-hybridized carbons (Fsp3) is 0.0588. The topological polar surface area (TPSA) is 58.2 Å². The third-order valence-corrected chi connectivity index (χ3v) is 3.96. The predicted octanol–water partition coefficient (Wildman–Crippen LogP) is 4.76. The number of hydrogen-bond acceptors (Lipinski definition) is 2. The predicted molar refractivity (Wildman–Crippen MR) is 98.3 cm³/mol. The summed E-state index contributed by atoms with van der Waals surface area (Å²) >= 11 is 17.9. The standard InChI is InChI=1S/C17H13Cl3N2O2/c1-10(23)21-16(7-11-5-3-2-4-6-11)17(24)22-15-9-13(19)12(18)8-14(15)20/h2-9H,1H3,(H,21,23)(H,22,24). The molecule has 0 aliphatic carbocycles. The lowest BCUT2D eigenvalue weighted by atomic mass is 10.2. The van der Waals surface area contributed by atoms with Crippen LogP contribution in [-0.2, 0) is 9.59 Å². The number of benzene rings is 2. The van der Waals surface area contributed by atoms with Crippen molar-refractivity contribution in [3.63, 3.8) is 0 Å². The highest BCUT2D eigenvalue weighted by Crippen LogP contribution is 2.32. The van der Waals surface area contributed by atoms with Gasteiger partial charge in [-0.05, 0) is 23.8 Å². The minimum Gasteiger partial charge on any atom is -0.322 e. The molecule has 2 amide bonds. The molecule has 24 heavy (non-hydrogen) atoms. The van der Waals surface area contributed by atoms with Crippen molar-refractivity contribution in [2.45, 2.75) is 6.92 Å². The van der Waals surface area contributed by atoms with E-state index >= 15 is 0 Å². The van der Waals surface area contributed by atoms with Crippen molar-refractivity contribution < 1.29 is 9.59 Å². The van der Waals surface area contributed by atoms with Crippen LogP contribution in [0.25, 0.3) is 6.08 Å². The van der Waals surface area contributed by atoms with Crippen LogP contribution in [0, 0.1) is 0 Å². The van der Waals surface area contributed by atoms with E-state index in [1.807, 2.05) is 18.2 Å². The van der Waals surface area contributed by atoms with Gasteiger partial charge in [0.1, 0.15) is 5.70 Å². The first-order chi connectivity index (χ1) is 11.4. The number of rotatable bonds is 4. The maximum absolute atomic E-state index is 12.5. The number of halogens is 3. The molecule has 2 aromatic rings. The van der Waals surface area contributed by atoms with Crippen LogP contribution < -0.4 is 10.6 Å². The van der Waals surface area contributed by atoms with Gasteiger partial charge < -0.3 is 10.6 Å². The maximum Gasteiger partial charge on any atom is 0.272 e. The van der Waals surface area contributed by atoms with Crippen LogP contribution in [0.1, 0.15) is 12.5 Å². The van der Waals surface area contributed by atoms with Gasteiger partial charge in [-0.3, -0.25) is 9.59 Å². The zero-order valence-electron chi connectivity index (χ0n) is 12.6. The molecule has 0 aliphatic rings. The molecule has 2 rings (SSSR count). The number of anilines is 1. The number of carbonyl (C=O) groups is 2. The molecule has 0 spiro atoms. The molecule has 0 fully saturated rings. The van der Waals surface area contributed by atoms with Crippen LogP contribution in [0.15, 0.2) is 48.2 Å². The van der Waals surface area contributed by atoms with E-state index < -0.39 is 5.91 Å². The van der Waals surface area contributed by atoms with Crippen molar-refractivity contribution in [1.82, 2.24) is 5.32 Å². The van der Waals surface area contributed by atoms with E-state index in [1.54, 1.807) is 18.2 Å². The Kier molecular flexibility index (Phi) is 6.26. The number of carbonyl (C=O) groups excluding carboxylic acids is 2. The Morgan fingerprint density at radius 3 is 2.21 bits per heavy atom. The molecule has 0 radical (unpaired) electrons. The van der Waals surface area contributed by atoms with E-state index in [1.165, 1.54) is 19.1 Å². The summed E-state index contributed by atoms with van der Waals surface area (Å²) in [7, 11) is 0. The van der Waals surface area contributed by atoms with Crippen molar-refractivity contribution in [2.75, 3.05) is 5.32 Å². The fourth-order valence-corrected chi connectivity index (χ4v) is 2.47. The molecule has 0 atom stereocenters. The molecule has 124 valence electrons. The molecule has 0 aromatic heterocycles. The van der Waals surface area contributed by atoms with E-state index in [2.05, 4.69) is 10.6 Å². The smallest absolute Gasteiger partial charge is 0.272 e. The molecule has 0 bridgehead atoms. The van der Waals surface area contributed by atoms with Gasteiger partial charge in [0.25, 0.3) is 5.91 Å². The minimum atomic E-state index is -0.533. The van der Waals surface area contributed by atoms with Crippen LogP contribution in [0.3, 0.4) is 0 Å². The average molecular weight is 384 g/mol. The Morgan fingerprint density at radius 1 is 0.958 bits per heavy atom. The monoisotopic (exact) mass is 382 g/mol. The maximum atomic E-state index is 12.5. The van der Waals surface area contributed by atoms with E-state index in [4.69, 9.17) is 34.8 Å². The molecule has 0 unspecified atom stereocenters. The fourth-order valence-electron chi connectivity index (χ4n) is 1.87. The SMILES string of the molecule is CC(=O)NC(=Cc1ccccc1)C(=O)Nc1cc(Cl)c(Cl)cc1Cl. The largest absolute Gasteiger partial charge is 0.322 e. The summed E-state index contributed by atoms with van der Waals surface area (Å²) in [5, 5.41) is 5.88. The van der Waals surface area contributed by atoms with Gasteiger partial charge in [0, 0.05) is 6.92 Å². The van der Waals surface area contributed by atoms with Crippen LogP contribution in [0.5, 0.6) is 0 Å². The molecular weight excluding hydrogens is 371 g/mol. The summed E-state index contributed by atoms with van der Waals surface area (Å²) in [4.78, 5) is 23.8. The molecule has 0 saturated carbocycles. The lowest BCUT2D eigenvalue weighted by Gasteiger charge is -2.12. The molecule has 7 heteroatoms. The quantitative estimate of drug-likeness (QED) is 0.590. The Hall–Kier alpha value is -2.01. The molecule has 0 heterocycles. The van der Waals surface area contributed by atoms with Gasteiger partial charge in [-0.25, -0.2) is 0 Å². The molecule has 2 N–H and O–H groups in total. The minimum absolute atomic E-state index is 0.0795. The van der Waals surface area contributed by atoms with Crippen LogP contribution in [-0.4, -0.2) is 11.8 Å². The zero-order valence-corrected chi connectivity index (χ0v) is 14.8. The Morgan fingerprint density at radius 2 is 1.58 bits per heavy atom. The molecular formula is C17H13Cl3N2O2. The van der Waals surface area contributed by atoms with Crippen molar-refractivity contribution in [2.24, 2.45) is 0 Å². The highest BCUT2D eigenvalue weighted by Gasteiger charge is 2.14. The first kappa shape index (κ1) is 18.3. The Labute approximate surface area is 154 Å². The third-order valence-electron chi connectivity index (χ3n) is 2.92. The van der Waals surface area contributed by atoms with E-state index in [0.717, 1.165) is 5.56 Å².